The minimum Gasteiger partial charge on any atom is -0.495 e. The summed E-state index contributed by atoms with van der Waals surface area (Å²) in [6, 6.07) is 22.3. The fourth-order valence-electron chi connectivity index (χ4n) is 3.25. The van der Waals surface area contributed by atoms with Crippen LogP contribution in [0.1, 0.15) is 0 Å². The van der Waals surface area contributed by atoms with E-state index in [1.807, 2.05) is 30.3 Å². The number of benzene rings is 4. The third-order valence-corrected chi connectivity index (χ3v) is 7.94. The highest BCUT2D eigenvalue weighted by atomic mass is 35.5. The van der Waals surface area contributed by atoms with Gasteiger partial charge in [0, 0.05) is 11.1 Å². The topological polar surface area (TPSA) is 102 Å². The normalized spacial score (nSPS) is 11.8. The first-order chi connectivity index (χ1) is 15.7. The lowest BCUT2D eigenvalue weighted by molar-refractivity contribution is 0.414. The zero-order valence-corrected chi connectivity index (χ0v) is 19.7. The van der Waals surface area contributed by atoms with Gasteiger partial charge >= 0.3 is 0 Å². The highest BCUT2D eigenvalue weighted by molar-refractivity contribution is 7.93. The molecular formula is C23H19ClN2O5S2. The molecule has 170 valence electrons. The summed E-state index contributed by atoms with van der Waals surface area (Å²) in [6.45, 7) is 0. The van der Waals surface area contributed by atoms with Crippen LogP contribution in [-0.2, 0) is 20.0 Å². The minimum atomic E-state index is -3.94. The Morgan fingerprint density at radius 2 is 1.36 bits per heavy atom. The molecule has 0 unspecified atom stereocenters. The number of methoxy groups -OCH3 is 1. The molecule has 10 heteroatoms. The molecule has 0 fully saturated rings. The van der Waals surface area contributed by atoms with Crippen LogP contribution in [-0.4, -0.2) is 23.9 Å². The number of hydrogen-bond acceptors (Lipinski definition) is 5. The molecule has 0 saturated heterocycles. The number of halogens is 1. The largest absolute Gasteiger partial charge is 0.495 e. The Labute approximate surface area is 197 Å². The Hall–Kier alpha value is -3.27. The SMILES string of the molecule is COc1ccc(S(=O)(=O)Nc2ccc(S(=O)(=O)Nc3cccc4ccccc34)cc2)cc1Cl. The quantitative estimate of drug-likeness (QED) is 0.366. The average Bonchev–Trinajstić information content (AvgIpc) is 2.79. The van der Waals surface area contributed by atoms with Gasteiger partial charge in [-0.15, -0.1) is 0 Å². The van der Waals surface area contributed by atoms with Gasteiger partial charge in [-0.3, -0.25) is 9.44 Å². The van der Waals surface area contributed by atoms with Gasteiger partial charge in [0.05, 0.1) is 27.6 Å². The molecule has 4 aromatic carbocycles. The van der Waals surface area contributed by atoms with Gasteiger partial charge in [-0.25, -0.2) is 16.8 Å². The van der Waals surface area contributed by atoms with E-state index in [4.69, 9.17) is 16.3 Å². The maximum Gasteiger partial charge on any atom is 0.261 e. The van der Waals surface area contributed by atoms with Gasteiger partial charge in [-0.1, -0.05) is 48.0 Å². The highest BCUT2D eigenvalue weighted by Gasteiger charge is 2.18. The van der Waals surface area contributed by atoms with E-state index in [1.54, 1.807) is 12.1 Å². The lowest BCUT2D eigenvalue weighted by atomic mass is 10.1. The summed E-state index contributed by atoms with van der Waals surface area (Å²) in [5.41, 5.74) is 0.653. The van der Waals surface area contributed by atoms with Crippen molar-refractivity contribution in [1.82, 2.24) is 0 Å². The van der Waals surface area contributed by atoms with Crippen LogP contribution in [0.15, 0.2) is 94.7 Å². The Balaban J connectivity index is 1.55. The van der Waals surface area contributed by atoms with E-state index in [1.165, 1.54) is 49.6 Å². The van der Waals surface area contributed by atoms with Crippen molar-refractivity contribution in [3.05, 3.63) is 90.0 Å². The van der Waals surface area contributed by atoms with Crippen molar-refractivity contribution < 1.29 is 21.6 Å². The summed E-state index contributed by atoms with van der Waals surface area (Å²) < 4.78 is 61.1. The Kier molecular flexibility index (Phi) is 6.20. The van der Waals surface area contributed by atoms with Crippen molar-refractivity contribution in [3.8, 4) is 5.75 Å². The van der Waals surface area contributed by atoms with Crippen LogP contribution >= 0.6 is 11.6 Å². The van der Waals surface area contributed by atoms with Crippen molar-refractivity contribution in [2.75, 3.05) is 16.6 Å². The van der Waals surface area contributed by atoms with E-state index in [0.29, 0.717) is 11.4 Å². The van der Waals surface area contributed by atoms with Crippen LogP contribution in [0.4, 0.5) is 11.4 Å². The van der Waals surface area contributed by atoms with Crippen molar-refractivity contribution in [1.29, 1.82) is 0 Å². The average molecular weight is 503 g/mol. The second-order valence-corrected chi connectivity index (χ2v) is 10.8. The summed E-state index contributed by atoms with van der Waals surface area (Å²) in [5.74, 6) is 0.351. The molecule has 2 N–H and O–H groups in total. The maximum atomic E-state index is 12.9. The number of fused-ring (bicyclic) bond motifs is 1. The van der Waals surface area contributed by atoms with E-state index in [2.05, 4.69) is 9.44 Å². The number of hydrogen-bond donors (Lipinski definition) is 2. The summed E-state index contributed by atoms with van der Waals surface area (Å²) >= 11 is 6.02. The van der Waals surface area contributed by atoms with Gasteiger partial charge in [0.1, 0.15) is 5.75 Å². The van der Waals surface area contributed by atoms with E-state index < -0.39 is 20.0 Å². The fraction of sp³-hybridized carbons (Fsp3) is 0.0435. The van der Waals surface area contributed by atoms with Crippen LogP contribution in [0.25, 0.3) is 10.8 Å². The predicted octanol–water partition coefficient (Wildman–Crippen LogP) is 5.10. The van der Waals surface area contributed by atoms with Crippen molar-refractivity contribution in [3.63, 3.8) is 0 Å². The summed E-state index contributed by atoms with van der Waals surface area (Å²) in [5, 5.41) is 1.83. The Morgan fingerprint density at radius 1 is 0.727 bits per heavy atom. The number of anilines is 2. The first kappa shape index (κ1) is 22.9. The van der Waals surface area contributed by atoms with Gasteiger partial charge in [-0.05, 0) is 53.9 Å². The Morgan fingerprint density at radius 3 is 2.06 bits per heavy atom. The molecule has 7 nitrogen and oxygen atoms in total. The van der Waals surface area contributed by atoms with E-state index in [-0.39, 0.29) is 20.5 Å². The van der Waals surface area contributed by atoms with Gasteiger partial charge in [0.15, 0.2) is 0 Å². The first-order valence-corrected chi connectivity index (χ1v) is 13.0. The van der Waals surface area contributed by atoms with Crippen LogP contribution in [0.3, 0.4) is 0 Å². The molecule has 0 saturated carbocycles. The molecular weight excluding hydrogens is 484 g/mol. The Bertz CT molecular complexity index is 1530. The number of rotatable bonds is 7. The fourth-order valence-corrected chi connectivity index (χ4v) is 5.74. The summed E-state index contributed by atoms with van der Waals surface area (Å²) in [4.78, 5) is -0.0616. The summed E-state index contributed by atoms with van der Waals surface area (Å²) in [7, 11) is -6.40. The van der Waals surface area contributed by atoms with Crippen LogP contribution < -0.4 is 14.2 Å². The standard InChI is InChI=1S/C23H19ClN2O5S2/c1-31-23-14-13-19(15-21(23)24)33(29,30)25-17-9-11-18(12-10-17)32(27,28)26-22-8-4-6-16-5-2-3-7-20(16)22/h2-15,25-26H,1H3. The van der Waals surface area contributed by atoms with Crippen LogP contribution in [0.2, 0.25) is 5.02 Å². The smallest absolute Gasteiger partial charge is 0.261 e. The second-order valence-electron chi connectivity index (χ2n) is 7.06. The molecule has 0 aliphatic rings. The highest BCUT2D eigenvalue weighted by Crippen LogP contribution is 2.29. The van der Waals surface area contributed by atoms with Gasteiger partial charge < -0.3 is 4.74 Å². The van der Waals surface area contributed by atoms with Gasteiger partial charge in [0.25, 0.3) is 20.0 Å². The lowest BCUT2D eigenvalue weighted by Crippen LogP contribution is -2.15. The summed E-state index contributed by atoms with van der Waals surface area (Å²) in [6.07, 6.45) is 0. The molecule has 0 spiro atoms. The first-order valence-electron chi connectivity index (χ1n) is 9.67. The molecule has 4 aromatic rings. The molecule has 0 amide bonds. The van der Waals surface area contributed by atoms with Gasteiger partial charge in [0.2, 0.25) is 0 Å². The predicted molar refractivity (Wildman–Crippen MR) is 130 cm³/mol. The molecule has 0 aromatic heterocycles. The number of sulfonamides is 2. The van der Waals surface area contributed by atoms with Crippen molar-refractivity contribution >= 4 is 53.8 Å². The molecule has 4 rings (SSSR count). The monoisotopic (exact) mass is 502 g/mol. The zero-order valence-electron chi connectivity index (χ0n) is 17.3. The molecule has 0 radical (unpaired) electrons. The molecule has 0 bridgehead atoms. The van der Waals surface area contributed by atoms with Crippen molar-refractivity contribution in [2.24, 2.45) is 0 Å². The molecule has 0 aliphatic heterocycles. The molecule has 0 heterocycles. The molecule has 0 atom stereocenters. The van der Waals surface area contributed by atoms with Crippen molar-refractivity contribution in [2.45, 2.75) is 9.79 Å². The lowest BCUT2D eigenvalue weighted by Gasteiger charge is -2.12. The van der Waals surface area contributed by atoms with E-state index >= 15 is 0 Å². The number of ether oxygens (including phenoxy) is 1. The van der Waals surface area contributed by atoms with Crippen LogP contribution in [0.5, 0.6) is 5.75 Å². The molecule has 0 aliphatic carbocycles. The van der Waals surface area contributed by atoms with E-state index in [9.17, 15) is 16.8 Å². The number of nitrogens with one attached hydrogen (secondary N) is 2. The maximum absolute atomic E-state index is 12.9. The van der Waals surface area contributed by atoms with Gasteiger partial charge in [-0.2, -0.15) is 0 Å². The second kappa shape index (κ2) is 8.93. The van der Waals surface area contributed by atoms with E-state index in [0.717, 1.165) is 10.8 Å². The zero-order chi connectivity index (χ0) is 23.6. The third kappa shape index (κ3) is 4.90. The minimum absolute atomic E-state index is 0.00845. The third-order valence-electron chi connectivity index (χ3n) is 4.88. The van der Waals surface area contributed by atoms with Crippen LogP contribution in [0, 0.1) is 0 Å². The molecule has 33 heavy (non-hydrogen) atoms.